The van der Waals surface area contributed by atoms with Crippen LogP contribution in [0.2, 0.25) is 0 Å². The van der Waals surface area contributed by atoms with Crippen molar-refractivity contribution in [3.8, 4) is 0 Å². The predicted molar refractivity (Wildman–Crippen MR) is 115 cm³/mol. The number of thioether (sulfide) groups is 1. The molecule has 1 aliphatic carbocycles. The molecular formula is C21H21N3O2S2. The van der Waals surface area contributed by atoms with E-state index in [2.05, 4.69) is 15.3 Å². The van der Waals surface area contributed by atoms with Gasteiger partial charge in [-0.15, -0.1) is 11.3 Å². The molecule has 0 spiro atoms. The smallest absolute Gasteiger partial charge is 0.237 e. The Balaban J connectivity index is 1.57. The minimum atomic E-state index is -0.324. The van der Waals surface area contributed by atoms with E-state index in [1.54, 1.807) is 35.6 Å². The number of nitrogens with zero attached hydrogens (tertiary/aromatic N) is 2. The van der Waals surface area contributed by atoms with E-state index >= 15 is 0 Å². The molecule has 1 aromatic carbocycles. The van der Waals surface area contributed by atoms with Crippen molar-refractivity contribution in [1.82, 2.24) is 9.97 Å². The Bertz CT molecular complexity index is 1090. The molecule has 0 aliphatic heterocycles. The van der Waals surface area contributed by atoms with Crippen LogP contribution >= 0.6 is 23.1 Å². The first-order valence-corrected chi connectivity index (χ1v) is 11.0. The maximum absolute atomic E-state index is 12.7. The van der Waals surface area contributed by atoms with Crippen molar-refractivity contribution in [2.45, 2.75) is 50.3 Å². The molecule has 4 rings (SSSR count). The fourth-order valence-corrected chi connectivity index (χ4v) is 5.82. The molecule has 144 valence electrons. The maximum Gasteiger partial charge on any atom is 0.237 e. The Labute approximate surface area is 172 Å². The Hall–Kier alpha value is -2.25. The Morgan fingerprint density at radius 3 is 2.86 bits per heavy atom. The fourth-order valence-electron chi connectivity index (χ4n) is 3.43. The number of rotatable bonds is 5. The highest BCUT2D eigenvalue weighted by molar-refractivity contribution is 8.00. The van der Waals surface area contributed by atoms with Crippen LogP contribution in [0.1, 0.15) is 46.9 Å². The van der Waals surface area contributed by atoms with Gasteiger partial charge in [-0.2, -0.15) is 0 Å². The van der Waals surface area contributed by atoms with Gasteiger partial charge in [-0.3, -0.25) is 9.59 Å². The van der Waals surface area contributed by atoms with E-state index in [1.807, 2.05) is 13.8 Å². The molecule has 28 heavy (non-hydrogen) atoms. The first-order chi connectivity index (χ1) is 13.4. The number of carbonyl (C=O) groups is 2. The molecule has 1 atom stereocenters. The first-order valence-electron chi connectivity index (χ1n) is 9.30. The highest BCUT2D eigenvalue weighted by atomic mass is 32.2. The molecule has 2 aromatic heterocycles. The third-order valence-corrected chi connectivity index (χ3v) is 7.11. The third kappa shape index (κ3) is 3.69. The van der Waals surface area contributed by atoms with Crippen LogP contribution in [0, 0.1) is 6.92 Å². The summed E-state index contributed by atoms with van der Waals surface area (Å²) in [5.41, 5.74) is 2.58. The molecule has 0 fully saturated rings. The summed E-state index contributed by atoms with van der Waals surface area (Å²) in [6.45, 7) is 5.29. The largest absolute Gasteiger partial charge is 0.325 e. The van der Waals surface area contributed by atoms with Crippen LogP contribution in [0.3, 0.4) is 0 Å². The number of nitrogens with one attached hydrogen (secondary N) is 1. The molecule has 0 saturated heterocycles. The normalized spacial score (nSPS) is 14.1. The zero-order chi connectivity index (χ0) is 19.8. The zero-order valence-electron chi connectivity index (χ0n) is 16.0. The summed E-state index contributed by atoms with van der Waals surface area (Å²) in [5, 5.41) is 4.61. The topological polar surface area (TPSA) is 72.0 Å². The molecule has 0 saturated carbocycles. The molecule has 1 aliphatic rings. The third-order valence-electron chi connectivity index (χ3n) is 4.84. The van der Waals surface area contributed by atoms with E-state index in [1.165, 1.54) is 35.5 Å². The van der Waals surface area contributed by atoms with Crippen molar-refractivity contribution in [3.05, 3.63) is 46.1 Å². The van der Waals surface area contributed by atoms with E-state index < -0.39 is 0 Å². The molecule has 5 nitrogen and oxygen atoms in total. The number of thiophene rings is 1. The van der Waals surface area contributed by atoms with Crippen LogP contribution in [0.15, 0.2) is 29.3 Å². The van der Waals surface area contributed by atoms with Gasteiger partial charge in [0.2, 0.25) is 5.91 Å². The predicted octanol–water partition coefficient (Wildman–Crippen LogP) is 4.81. The minimum Gasteiger partial charge on any atom is -0.325 e. The van der Waals surface area contributed by atoms with Crippen LogP contribution in [0.5, 0.6) is 0 Å². The van der Waals surface area contributed by atoms with Crippen LogP contribution < -0.4 is 5.32 Å². The second-order valence-corrected chi connectivity index (χ2v) is 9.41. The van der Waals surface area contributed by atoms with Crippen LogP contribution in [-0.4, -0.2) is 26.9 Å². The van der Waals surface area contributed by atoms with Crippen molar-refractivity contribution >= 4 is 50.7 Å². The minimum absolute atomic E-state index is 0.0244. The molecule has 2 heterocycles. The number of carbonyl (C=O) groups excluding carboxylic acids is 2. The number of fused-ring (bicyclic) bond motifs is 3. The molecular weight excluding hydrogens is 390 g/mol. The van der Waals surface area contributed by atoms with Crippen LogP contribution in [-0.2, 0) is 17.6 Å². The highest BCUT2D eigenvalue weighted by Gasteiger charge is 2.24. The van der Waals surface area contributed by atoms with Gasteiger partial charge in [0.05, 0.1) is 5.25 Å². The second-order valence-electron chi connectivity index (χ2n) is 7.00. The number of aromatic nitrogens is 2. The lowest BCUT2D eigenvalue weighted by Gasteiger charge is -2.13. The molecule has 7 heteroatoms. The molecule has 1 N–H and O–H groups in total. The van der Waals surface area contributed by atoms with E-state index in [-0.39, 0.29) is 16.9 Å². The van der Waals surface area contributed by atoms with Crippen LogP contribution in [0.25, 0.3) is 10.2 Å². The van der Waals surface area contributed by atoms with Gasteiger partial charge in [-0.1, -0.05) is 23.9 Å². The van der Waals surface area contributed by atoms with E-state index in [9.17, 15) is 9.59 Å². The number of Topliss-reactive ketones (excluding diaryl/α,β-unsaturated/α-hetero) is 1. The Morgan fingerprint density at radius 1 is 1.25 bits per heavy atom. The van der Waals surface area contributed by atoms with Gasteiger partial charge in [-0.25, -0.2) is 9.97 Å². The SMILES string of the molecule is CC(=O)c1cccc(NC(=O)[C@@H](C)Sc2nc(C)nc3sc4c(c23)CCC4)c1. The highest BCUT2D eigenvalue weighted by Crippen LogP contribution is 2.41. The summed E-state index contributed by atoms with van der Waals surface area (Å²) < 4.78 is 0. The lowest BCUT2D eigenvalue weighted by atomic mass is 10.1. The number of anilines is 1. The summed E-state index contributed by atoms with van der Waals surface area (Å²) in [6, 6.07) is 7.01. The number of amides is 1. The van der Waals surface area contributed by atoms with E-state index in [0.29, 0.717) is 11.3 Å². The van der Waals surface area contributed by atoms with E-state index in [0.717, 1.165) is 33.9 Å². The summed E-state index contributed by atoms with van der Waals surface area (Å²) in [7, 11) is 0. The summed E-state index contributed by atoms with van der Waals surface area (Å²) >= 11 is 3.23. The fraction of sp³-hybridized carbons (Fsp3) is 0.333. The van der Waals surface area contributed by atoms with Crippen molar-refractivity contribution in [1.29, 1.82) is 0 Å². The number of hydrogen-bond donors (Lipinski definition) is 1. The molecule has 1 amide bonds. The monoisotopic (exact) mass is 411 g/mol. The van der Waals surface area contributed by atoms with Gasteiger partial charge in [0.1, 0.15) is 15.7 Å². The Kier molecular flexibility index (Phi) is 5.21. The van der Waals surface area contributed by atoms with Gasteiger partial charge in [0, 0.05) is 21.5 Å². The van der Waals surface area contributed by atoms with Crippen LogP contribution in [0.4, 0.5) is 5.69 Å². The van der Waals surface area contributed by atoms with Crippen molar-refractivity contribution in [3.63, 3.8) is 0 Å². The molecule has 3 aromatic rings. The standard InChI is InChI=1S/C21H21N3O2S2/c1-11(25)14-6-4-7-15(10-14)24-19(26)12(2)27-20-18-16-8-5-9-17(16)28-21(18)23-13(3)22-20/h4,6-7,10,12H,5,8-9H2,1-3H3,(H,24,26)/t12-/m1/s1. The number of ketones is 1. The quantitative estimate of drug-likeness (QED) is 0.371. The summed E-state index contributed by atoms with van der Waals surface area (Å²) in [5.74, 6) is 0.599. The number of aryl methyl sites for hydroxylation is 3. The average Bonchev–Trinajstić information content (AvgIpc) is 3.22. The van der Waals surface area contributed by atoms with Gasteiger partial charge >= 0.3 is 0 Å². The lowest BCUT2D eigenvalue weighted by molar-refractivity contribution is -0.115. The van der Waals surface area contributed by atoms with Crippen molar-refractivity contribution in [2.75, 3.05) is 5.32 Å². The van der Waals surface area contributed by atoms with E-state index in [4.69, 9.17) is 0 Å². The van der Waals surface area contributed by atoms with Gasteiger partial charge in [0.15, 0.2) is 5.78 Å². The van der Waals surface area contributed by atoms with Gasteiger partial charge in [-0.05, 0) is 57.7 Å². The number of hydrogen-bond acceptors (Lipinski definition) is 6. The van der Waals surface area contributed by atoms with Crippen molar-refractivity contribution in [2.24, 2.45) is 0 Å². The molecule has 0 bridgehead atoms. The van der Waals surface area contributed by atoms with Crippen molar-refractivity contribution < 1.29 is 9.59 Å². The molecule has 0 radical (unpaired) electrons. The average molecular weight is 412 g/mol. The maximum atomic E-state index is 12.7. The van der Waals surface area contributed by atoms with Gasteiger partial charge < -0.3 is 5.32 Å². The summed E-state index contributed by atoms with van der Waals surface area (Å²) in [6.07, 6.45) is 3.35. The molecule has 0 unspecified atom stereocenters. The lowest BCUT2D eigenvalue weighted by Crippen LogP contribution is -2.22. The first kappa shape index (κ1) is 19.1. The number of benzene rings is 1. The van der Waals surface area contributed by atoms with Gasteiger partial charge in [0.25, 0.3) is 0 Å². The second kappa shape index (κ2) is 7.64. The Morgan fingerprint density at radius 2 is 2.07 bits per heavy atom. The summed E-state index contributed by atoms with van der Waals surface area (Å²) in [4.78, 5) is 36.0. The zero-order valence-corrected chi connectivity index (χ0v) is 17.7.